The summed E-state index contributed by atoms with van der Waals surface area (Å²) in [6, 6.07) is 0.361. The molecule has 0 saturated carbocycles. The highest BCUT2D eigenvalue weighted by Gasteiger charge is 2.38. The monoisotopic (exact) mass is 452 g/mol. The highest BCUT2D eigenvalue weighted by molar-refractivity contribution is 6.07. The third-order valence-corrected chi connectivity index (χ3v) is 4.42. The van der Waals surface area contributed by atoms with E-state index in [1.807, 2.05) is 11.9 Å². The van der Waals surface area contributed by atoms with Crippen molar-refractivity contribution in [1.29, 1.82) is 0 Å². The van der Waals surface area contributed by atoms with E-state index >= 15 is 0 Å². The van der Waals surface area contributed by atoms with E-state index in [1.54, 1.807) is 0 Å². The third kappa shape index (κ3) is 5.09. The minimum absolute atomic E-state index is 0.0781. The Bertz CT molecular complexity index is 1070. The van der Waals surface area contributed by atoms with E-state index in [0.29, 0.717) is 17.7 Å². The van der Waals surface area contributed by atoms with E-state index in [4.69, 9.17) is 5.73 Å². The van der Waals surface area contributed by atoms with E-state index in [1.165, 1.54) is 0 Å². The predicted molar refractivity (Wildman–Crippen MR) is 99.8 cm³/mol. The molecule has 0 aliphatic heterocycles. The molecule has 0 fully saturated rings. The molecule has 1 aromatic carbocycles. The van der Waals surface area contributed by atoms with Crippen molar-refractivity contribution < 1.29 is 31.1 Å². The van der Waals surface area contributed by atoms with Crippen LogP contribution >= 0.6 is 0 Å². The lowest BCUT2D eigenvalue weighted by molar-refractivity contribution is -0.143. The van der Waals surface area contributed by atoms with Crippen LogP contribution < -0.4 is 21.9 Å². The van der Waals surface area contributed by atoms with Crippen LogP contribution in [0.15, 0.2) is 27.8 Å². The number of benzene rings is 1. The van der Waals surface area contributed by atoms with Gasteiger partial charge in [0.15, 0.2) is 5.69 Å². The van der Waals surface area contributed by atoms with Crippen LogP contribution in [0.4, 0.5) is 37.8 Å². The van der Waals surface area contributed by atoms with Gasteiger partial charge in [-0.1, -0.05) is 13.3 Å². The molecule has 31 heavy (non-hydrogen) atoms. The molecular formula is C18H18F6N4O3. The lowest BCUT2D eigenvalue weighted by atomic mass is 10.0. The number of hydrogen-bond acceptors (Lipinski definition) is 4. The molecule has 1 amide bonds. The second-order valence-corrected chi connectivity index (χ2v) is 6.66. The zero-order chi connectivity index (χ0) is 23.7. The Morgan fingerprint density at radius 2 is 1.58 bits per heavy atom. The summed E-state index contributed by atoms with van der Waals surface area (Å²) >= 11 is 0. The maximum absolute atomic E-state index is 13.1. The quantitative estimate of drug-likeness (QED) is 0.681. The normalized spacial score (nSPS) is 12.1. The molecular weight excluding hydrogens is 434 g/mol. The number of aromatic amines is 1. The van der Waals surface area contributed by atoms with Crippen LogP contribution in [0, 0.1) is 0 Å². The maximum Gasteiger partial charge on any atom is 0.416 e. The fourth-order valence-corrected chi connectivity index (χ4v) is 2.81. The molecule has 0 unspecified atom stereocenters. The fraction of sp³-hybridized carbons (Fsp3) is 0.389. The van der Waals surface area contributed by atoms with Crippen LogP contribution in [0.5, 0.6) is 0 Å². The van der Waals surface area contributed by atoms with Gasteiger partial charge in [0.1, 0.15) is 5.82 Å². The van der Waals surface area contributed by atoms with E-state index in [2.05, 4.69) is 0 Å². The molecule has 0 spiro atoms. The van der Waals surface area contributed by atoms with Crippen LogP contribution in [0.3, 0.4) is 0 Å². The van der Waals surface area contributed by atoms with E-state index < -0.39 is 57.7 Å². The Morgan fingerprint density at radius 3 is 2.03 bits per heavy atom. The van der Waals surface area contributed by atoms with Gasteiger partial charge < -0.3 is 10.6 Å². The lowest BCUT2D eigenvalue weighted by Crippen LogP contribution is -2.39. The van der Waals surface area contributed by atoms with Crippen molar-refractivity contribution in [1.82, 2.24) is 9.55 Å². The first-order valence-electron chi connectivity index (χ1n) is 8.88. The van der Waals surface area contributed by atoms with Crippen LogP contribution in [0.2, 0.25) is 0 Å². The van der Waals surface area contributed by atoms with Crippen molar-refractivity contribution >= 4 is 17.4 Å². The Morgan fingerprint density at radius 1 is 1.06 bits per heavy atom. The Hall–Kier alpha value is -3.25. The summed E-state index contributed by atoms with van der Waals surface area (Å²) < 4.78 is 79.3. The average molecular weight is 452 g/mol. The van der Waals surface area contributed by atoms with Crippen LogP contribution in [0.25, 0.3) is 0 Å². The van der Waals surface area contributed by atoms with Crippen LogP contribution in [-0.2, 0) is 18.9 Å². The molecule has 13 heteroatoms. The highest BCUT2D eigenvalue weighted by Crippen LogP contribution is 2.36. The molecule has 0 bridgehead atoms. The van der Waals surface area contributed by atoms with Crippen molar-refractivity contribution in [2.45, 2.75) is 38.7 Å². The molecule has 0 aliphatic carbocycles. The topological polar surface area (TPSA) is 101 Å². The Balaban J connectivity index is 2.63. The van der Waals surface area contributed by atoms with Crippen molar-refractivity contribution in [3.8, 4) is 0 Å². The summed E-state index contributed by atoms with van der Waals surface area (Å²) in [6.07, 6.45) is -9.17. The van der Waals surface area contributed by atoms with E-state index in [0.717, 1.165) is 11.6 Å². The number of nitrogens with one attached hydrogen (secondary N) is 1. The van der Waals surface area contributed by atoms with Gasteiger partial charge in [0.25, 0.3) is 11.5 Å². The largest absolute Gasteiger partial charge is 0.416 e. The van der Waals surface area contributed by atoms with Gasteiger partial charge in [-0.05, 0) is 24.6 Å². The van der Waals surface area contributed by atoms with Crippen molar-refractivity contribution in [3.05, 3.63) is 55.7 Å². The number of hydrogen-bond donors (Lipinski definition) is 2. The number of halogens is 6. The minimum Gasteiger partial charge on any atom is -0.383 e. The molecule has 170 valence electrons. The second-order valence-electron chi connectivity index (χ2n) is 6.66. The number of anilines is 2. The number of rotatable bonds is 5. The van der Waals surface area contributed by atoms with Gasteiger partial charge in [-0.15, -0.1) is 0 Å². The number of carbonyl (C=O) groups excluding carboxylic acids is 1. The van der Waals surface area contributed by atoms with Crippen molar-refractivity contribution in [2.24, 2.45) is 0 Å². The number of nitrogens with two attached hydrogens (primary N) is 1. The average Bonchev–Trinajstić information content (AvgIpc) is 2.65. The molecule has 2 rings (SSSR count). The number of aromatic nitrogens is 2. The van der Waals surface area contributed by atoms with Crippen molar-refractivity contribution in [3.63, 3.8) is 0 Å². The first kappa shape index (κ1) is 24.0. The number of alkyl halides is 6. The van der Waals surface area contributed by atoms with E-state index in [9.17, 15) is 40.7 Å². The Labute approximate surface area is 171 Å². The lowest BCUT2D eigenvalue weighted by Gasteiger charge is -2.21. The third-order valence-electron chi connectivity index (χ3n) is 4.42. The minimum atomic E-state index is -5.15. The number of carbonyl (C=O) groups is 1. The van der Waals surface area contributed by atoms with Crippen LogP contribution in [-0.4, -0.2) is 22.5 Å². The number of unbranched alkanes of at least 4 members (excludes halogenated alkanes) is 1. The molecule has 1 heterocycles. The summed E-state index contributed by atoms with van der Waals surface area (Å²) in [5, 5.41) is 0. The van der Waals surface area contributed by atoms with Crippen molar-refractivity contribution in [2.75, 3.05) is 17.7 Å². The molecule has 1 aromatic heterocycles. The highest BCUT2D eigenvalue weighted by atomic mass is 19.4. The zero-order valence-electron chi connectivity index (χ0n) is 16.3. The molecule has 0 atom stereocenters. The number of amides is 1. The van der Waals surface area contributed by atoms with Gasteiger partial charge in [-0.25, -0.2) is 4.79 Å². The van der Waals surface area contributed by atoms with Gasteiger partial charge >= 0.3 is 18.0 Å². The van der Waals surface area contributed by atoms with Crippen LogP contribution in [0.1, 0.15) is 41.3 Å². The maximum atomic E-state index is 13.1. The number of nitrogen functional groups attached to an aromatic ring is 1. The number of nitrogens with zero attached hydrogens (tertiary/aromatic N) is 2. The molecule has 7 nitrogen and oxygen atoms in total. The molecule has 0 saturated heterocycles. The first-order valence-corrected chi connectivity index (χ1v) is 8.88. The zero-order valence-corrected chi connectivity index (χ0v) is 16.3. The van der Waals surface area contributed by atoms with Gasteiger partial charge in [0.05, 0.1) is 11.1 Å². The molecule has 0 radical (unpaired) electrons. The molecule has 2 aromatic rings. The SMILES string of the molecule is CCCCn1c(N)c(N(C)C(=O)c2cc(C(F)(F)F)cc(C(F)(F)F)c2)c(=O)[nH]c1=O. The van der Waals surface area contributed by atoms with Gasteiger partial charge in [0, 0.05) is 19.2 Å². The second kappa shape index (κ2) is 8.47. The fourth-order valence-electron chi connectivity index (χ4n) is 2.81. The summed E-state index contributed by atoms with van der Waals surface area (Å²) in [5.41, 5.74) is -1.06. The van der Waals surface area contributed by atoms with Gasteiger partial charge in [-0.2, -0.15) is 26.3 Å². The summed E-state index contributed by atoms with van der Waals surface area (Å²) in [5.74, 6) is -1.80. The van der Waals surface area contributed by atoms with Gasteiger partial charge in [0.2, 0.25) is 0 Å². The van der Waals surface area contributed by atoms with Gasteiger partial charge in [-0.3, -0.25) is 19.1 Å². The number of H-pyrrole nitrogens is 1. The summed E-state index contributed by atoms with van der Waals surface area (Å²) in [7, 11) is 0.950. The molecule has 0 aliphatic rings. The standard InChI is InChI=1S/C18H18F6N4O3/c1-3-4-5-28-13(25)12(14(29)26-16(28)31)27(2)15(30)9-6-10(17(19,20)21)8-11(7-9)18(22,23)24/h6-8H,3-5,25H2,1-2H3,(H,26,29,31). The predicted octanol–water partition coefficient (Wildman–Crippen LogP) is 3.23. The first-order chi connectivity index (χ1) is 14.2. The Kier molecular flexibility index (Phi) is 6.57. The smallest absolute Gasteiger partial charge is 0.383 e. The summed E-state index contributed by atoms with van der Waals surface area (Å²) in [6.45, 7) is 1.89. The van der Waals surface area contributed by atoms with E-state index in [-0.39, 0.29) is 24.7 Å². The summed E-state index contributed by atoms with van der Waals surface area (Å²) in [4.78, 5) is 39.3. The molecule has 3 N–H and O–H groups in total.